The van der Waals surface area contributed by atoms with E-state index >= 15 is 0 Å². The molecule has 0 aliphatic carbocycles. The van der Waals surface area contributed by atoms with Crippen molar-refractivity contribution < 1.29 is 9.21 Å². The van der Waals surface area contributed by atoms with E-state index in [0.29, 0.717) is 18.2 Å². The SMILES string of the molecule is Cc1ccc(N(CCC#N)C(=O)C(C)Sc2nnc(N3CCCCC3)n2Cc2ccco2)cc1. The molecule has 34 heavy (non-hydrogen) atoms. The molecule has 9 heteroatoms. The zero-order chi connectivity index (χ0) is 23.9. The van der Waals surface area contributed by atoms with E-state index in [1.165, 1.54) is 18.2 Å². The number of carbonyl (C=O) groups is 1. The second-order valence-corrected chi connectivity index (χ2v) is 9.80. The summed E-state index contributed by atoms with van der Waals surface area (Å²) in [5, 5.41) is 18.4. The average Bonchev–Trinajstić information content (AvgIpc) is 3.51. The number of furan rings is 1. The lowest BCUT2D eigenvalue weighted by atomic mass is 10.1. The Hall–Kier alpha value is -3.25. The minimum atomic E-state index is -0.409. The molecule has 1 aliphatic heterocycles. The van der Waals surface area contributed by atoms with E-state index in [-0.39, 0.29) is 12.3 Å². The lowest BCUT2D eigenvalue weighted by Crippen LogP contribution is -2.37. The first-order chi connectivity index (χ1) is 16.6. The number of anilines is 2. The third-order valence-electron chi connectivity index (χ3n) is 5.92. The van der Waals surface area contributed by atoms with Gasteiger partial charge in [0.25, 0.3) is 0 Å². The van der Waals surface area contributed by atoms with Gasteiger partial charge in [0, 0.05) is 25.3 Å². The number of nitrogens with zero attached hydrogens (tertiary/aromatic N) is 6. The molecule has 1 unspecified atom stereocenters. The fraction of sp³-hybridized carbons (Fsp3) is 0.440. The Bertz CT molecular complexity index is 1110. The van der Waals surface area contributed by atoms with Gasteiger partial charge in [-0.15, -0.1) is 10.2 Å². The maximum absolute atomic E-state index is 13.5. The van der Waals surface area contributed by atoms with Crippen LogP contribution in [0.4, 0.5) is 11.6 Å². The number of carbonyl (C=O) groups excluding carboxylic acids is 1. The number of hydrogen-bond acceptors (Lipinski definition) is 7. The first-order valence-corrected chi connectivity index (χ1v) is 12.6. The Balaban J connectivity index is 1.57. The molecule has 0 N–H and O–H groups in total. The standard InChI is InChI=1S/C25H30N6O2S/c1-19-9-11-21(12-10-19)30(16-7-13-26)23(32)20(2)34-25-28-27-24(29-14-4-3-5-15-29)31(25)18-22-8-6-17-33-22/h6,8-12,17,20H,3-5,7,14-16,18H2,1-2H3. The lowest BCUT2D eigenvalue weighted by molar-refractivity contribution is -0.117. The highest BCUT2D eigenvalue weighted by atomic mass is 32.2. The van der Waals surface area contributed by atoms with Gasteiger partial charge in [-0.25, -0.2) is 0 Å². The molecule has 178 valence electrons. The summed E-state index contributed by atoms with van der Waals surface area (Å²) in [4.78, 5) is 17.4. The van der Waals surface area contributed by atoms with E-state index in [1.807, 2.05) is 54.8 Å². The first kappa shape index (κ1) is 23.9. The Morgan fingerprint density at radius 3 is 2.65 bits per heavy atom. The predicted molar refractivity (Wildman–Crippen MR) is 133 cm³/mol. The molecule has 1 amide bonds. The van der Waals surface area contributed by atoms with Gasteiger partial charge in [0.2, 0.25) is 11.9 Å². The van der Waals surface area contributed by atoms with E-state index in [9.17, 15) is 4.79 Å². The number of aromatic nitrogens is 3. The van der Waals surface area contributed by atoms with Gasteiger partial charge in [-0.05, 0) is 57.4 Å². The van der Waals surface area contributed by atoms with E-state index in [2.05, 4.69) is 21.2 Å². The second-order valence-electron chi connectivity index (χ2n) is 8.49. The summed E-state index contributed by atoms with van der Waals surface area (Å²) in [6.45, 7) is 6.64. The summed E-state index contributed by atoms with van der Waals surface area (Å²) in [5.74, 6) is 1.57. The Kier molecular flexibility index (Phi) is 7.91. The summed E-state index contributed by atoms with van der Waals surface area (Å²) in [5.41, 5.74) is 1.92. The van der Waals surface area contributed by atoms with Gasteiger partial charge in [-0.1, -0.05) is 29.5 Å². The van der Waals surface area contributed by atoms with Gasteiger partial charge in [-0.3, -0.25) is 9.36 Å². The number of thioether (sulfide) groups is 1. The van der Waals surface area contributed by atoms with Crippen LogP contribution in [0.1, 0.15) is 43.9 Å². The van der Waals surface area contributed by atoms with Crippen molar-refractivity contribution in [3.8, 4) is 6.07 Å². The van der Waals surface area contributed by atoms with Crippen molar-refractivity contribution in [3.63, 3.8) is 0 Å². The lowest BCUT2D eigenvalue weighted by Gasteiger charge is -2.28. The Morgan fingerprint density at radius 1 is 1.21 bits per heavy atom. The predicted octanol–water partition coefficient (Wildman–Crippen LogP) is 4.65. The fourth-order valence-electron chi connectivity index (χ4n) is 4.07. The van der Waals surface area contributed by atoms with Crippen LogP contribution < -0.4 is 9.80 Å². The van der Waals surface area contributed by atoms with Crippen LogP contribution in [0, 0.1) is 18.3 Å². The van der Waals surface area contributed by atoms with E-state index in [1.54, 1.807) is 11.2 Å². The zero-order valence-electron chi connectivity index (χ0n) is 19.7. The summed E-state index contributed by atoms with van der Waals surface area (Å²) < 4.78 is 7.64. The number of amides is 1. The third-order valence-corrected chi connectivity index (χ3v) is 6.99. The van der Waals surface area contributed by atoms with Gasteiger partial charge in [-0.2, -0.15) is 5.26 Å². The van der Waals surface area contributed by atoms with Crippen LogP contribution in [0.5, 0.6) is 0 Å². The highest BCUT2D eigenvalue weighted by Gasteiger charge is 2.27. The van der Waals surface area contributed by atoms with Crippen molar-refractivity contribution >= 4 is 29.3 Å². The largest absolute Gasteiger partial charge is 0.467 e. The van der Waals surface area contributed by atoms with Crippen molar-refractivity contribution in [3.05, 3.63) is 54.0 Å². The van der Waals surface area contributed by atoms with E-state index < -0.39 is 5.25 Å². The summed E-state index contributed by atoms with van der Waals surface area (Å²) in [6, 6.07) is 13.8. The average molecular weight is 479 g/mol. The van der Waals surface area contributed by atoms with Crippen molar-refractivity contribution in [1.29, 1.82) is 5.26 Å². The monoisotopic (exact) mass is 478 g/mol. The molecule has 1 aliphatic rings. The molecule has 2 aromatic heterocycles. The number of benzene rings is 1. The van der Waals surface area contributed by atoms with Crippen LogP contribution in [0.2, 0.25) is 0 Å². The molecular weight excluding hydrogens is 448 g/mol. The fourth-order valence-corrected chi connectivity index (χ4v) is 4.98. The third kappa shape index (κ3) is 5.62. The number of nitriles is 1. The number of piperidine rings is 1. The molecule has 3 heterocycles. The maximum atomic E-state index is 13.5. The highest BCUT2D eigenvalue weighted by molar-refractivity contribution is 8.00. The topological polar surface area (TPSA) is 91.2 Å². The number of rotatable bonds is 9. The normalized spacial score (nSPS) is 14.6. The summed E-state index contributed by atoms with van der Waals surface area (Å²) in [6.07, 6.45) is 5.43. The first-order valence-electron chi connectivity index (χ1n) is 11.7. The van der Waals surface area contributed by atoms with Crippen LogP contribution >= 0.6 is 11.8 Å². The molecule has 1 atom stereocenters. The molecular formula is C25H30N6O2S. The second kappa shape index (κ2) is 11.3. The molecule has 0 saturated carbocycles. The molecule has 1 fully saturated rings. The van der Waals surface area contributed by atoms with Crippen LogP contribution in [0.3, 0.4) is 0 Å². The van der Waals surface area contributed by atoms with Crippen molar-refractivity contribution in [2.45, 2.75) is 56.5 Å². The minimum absolute atomic E-state index is 0.0591. The Morgan fingerprint density at radius 2 is 1.97 bits per heavy atom. The van der Waals surface area contributed by atoms with Crippen molar-refractivity contribution in [1.82, 2.24) is 14.8 Å². The minimum Gasteiger partial charge on any atom is -0.467 e. The van der Waals surface area contributed by atoms with Gasteiger partial charge >= 0.3 is 0 Å². The molecule has 0 bridgehead atoms. The van der Waals surface area contributed by atoms with Gasteiger partial charge in [0.1, 0.15) is 5.76 Å². The van der Waals surface area contributed by atoms with Gasteiger partial charge < -0.3 is 14.2 Å². The highest BCUT2D eigenvalue weighted by Crippen LogP contribution is 2.30. The Labute approximate surface area is 204 Å². The smallest absolute Gasteiger partial charge is 0.240 e. The zero-order valence-corrected chi connectivity index (χ0v) is 20.5. The van der Waals surface area contributed by atoms with E-state index in [4.69, 9.17) is 9.68 Å². The van der Waals surface area contributed by atoms with E-state index in [0.717, 1.165) is 48.9 Å². The van der Waals surface area contributed by atoms with Crippen LogP contribution in [0.15, 0.2) is 52.2 Å². The van der Waals surface area contributed by atoms with Gasteiger partial charge in [0.15, 0.2) is 5.16 Å². The number of hydrogen-bond donors (Lipinski definition) is 0. The van der Waals surface area contributed by atoms with Crippen molar-refractivity contribution in [2.75, 3.05) is 29.4 Å². The van der Waals surface area contributed by atoms with Crippen LogP contribution in [0.25, 0.3) is 0 Å². The van der Waals surface area contributed by atoms with Crippen molar-refractivity contribution in [2.24, 2.45) is 0 Å². The quantitative estimate of drug-likeness (QED) is 0.414. The molecule has 0 radical (unpaired) electrons. The van der Waals surface area contributed by atoms with Gasteiger partial charge in [0.05, 0.1) is 30.5 Å². The molecule has 0 spiro atoms. The molecule has 4 rings (SSSR count). The maximum Gasteiger partial charge on any atom is 0.240 e. The molecule has 8 nitrogen and oxygen atoms in total. The van der Waals surface area contributed by atoms with Crippen LogP contribution in [-0.4, -0.2) is 45.6 Å². The molecule has 1 aromatic carbocycles. The van der Waals surface area contributed by atoms with Crippen LogP contribution in [-0.2, 0) is 11.3 Å². The molecule has 1 saturated heterocycles. The summed E-state index contributed by atoms with van der Waals surface area (Å²) in [7, 11) is 0. The molecule has 3 aromatic rings. The number of aryl methyl sites for hydroxylation is 1. The summed E-state index contributed by atoms with van der Waals surface area (Å²) >= 11 is 1.39.